The molecule has 0 bridgehead atoms. The third-order valence-corrected chi connectivity index (χ3v) is 5.48. The van der Waals surface area contributed by atoms with Gasteiger partial charge in [-0.3, -0.25) is 19.7 Å². The molecule has 2 heterocycles. The first-order chi connectivity index (χ1) is 15.0. The number of fused-ring (bicyclic) bond motifs is 1. The molecule has 2 aromatic carbocycles. The average molecular weight is 424 g/mol. The predicted molar refractivity (Wildman–Crippen MR) is 115 cm³/mol. The molecule has 2 aliphatic heterocycles. The van der Waals surface area contributed by atoms with Crippen molar-refractivity contribution >= 4 is 28.9 Å². The van der Waals surface area contributed by atoms with Crippen molar-refractivity contribution in [1.82, 2.24) is 4.90 Å². The van der Waals surface area contributed by atoms with Gasteiger partial charge in [0, 0.05) is 30.9 Å². The van der Waals surface area contributed by atoms with Gasteiger partial charge in [0.2, 0.25) is 5.91 Å². The number of nitrogens with one attached hydrogen (secondary N) is 1. The fourth-order valence-electron chi connectivity index (χ4n) is 3.97. The lowest BCUT2D eigenvalue weighted by atomic mass is 10.1. The number of ether oxygens (including phenoxy) is 1. The maximum Gasteiger partial charge on any atom is 0.271 e. The fourth-order valence-corrected chi connectivity index (χ4v) is 3.97. The van der Waals surface area contributed by atoms with Crippen LogP contribution in [0.3, 0.4) is 0 Å². The number of carbonyl (C=O) groups is 2. The molecule has 2 aromatic rings. The smallest absolute Gasteiger partial charge is 0.271 e. The van der Waals surface area contributed by atoms with Gasteiger partial charge in [-0.25, -0.2) is 0 Å². The highest BCUT2D eigenvalue weighted by Gasteiger charge is 2.34. The summed E-state index contributed by atoms with van der Waals surface area (Å²) in [6, 6.07) is 13.1. The van der Waals surface area contributed by atoms with E-state index in [-0.39, 0.29) is 30.6 Å². The summed E-state index contributed by atoms with van der Waals surface area (Å²) in [7, 11) is 0. The lowest BCUT2D eigenvalue weighted by Gasteiger charge is -2.38. The monoisotopic (exact) mass is 424 g/mol. The van der Waals surface area contributed by atoms with Crippen molar-refractivity contribution in [2.24, 2.45) is 0 Å². The zero-order valence-corrected chi connectivity index (χ0v) is 17.0. The van der Waals surface area contributed by atoms with Crippen LogP contribution < -0.4 is 15.0 Å². The zero-order valence-electron chi connectivity index (χ0n) is 17.0. The number of non-ortho nitro benzene ring substituents is 1. The Morgan fingerprint density at radius 1 is 1.10 bits per heavy atom. The Morgan fingerprint density at radius 2 is 1.87 bits per heavy atom. The number of para-hydroxylation sites is 2. The molecule has 2 aliphatic rings. The summed E-state index contributed by atoms with van der Waals surface area (Å²) in [5.74, 6) is 0.173. The van der Waals surface area contributed by atoms with Crippen molar-refractivity contribution < 1.29 is 19.2 Å². The molecule has 2 amide bonds. The van der Waals surface area contributed by atoms with E-state index in [9.17, 15) is 19.7 Å². The van der Waals surface area contributed by atoms with Crippen LogP contribution in [-0.2, 0) is 9.59 Å². The quantitative estimate of drug-likeness (QED) is 0.585. The Morgan fingerprint density at radius 3 is 2.65 bits per heavy atom. The molecule has 0 aromatic heterocycles. The van der Waals surface area contributed by atoms with Gasteiger partial charge in [-0.05, 0) is 37.5 Å². The number of nitro benzene ring substituents is 1. The first-order valence-electron chi connectivity index (χ1n) is 10.3. The normalized spacial score (nSPS) is 18.0. The number of rotatable bonds is 5. The van der Waals surface area contributed by atoms with E-state index in [1.807, 2.05) is 28.0 Å². The number of nitro groups is 1. The average Bonchev–Trinajstić information content (AvgIpc) is 2.79. The Labute approximate surface area is 179 Å². The van der Waals surface area contributed by atoms with E-state index >= 15 is 0 Å². The van der Waals surface area contributed by atoms with E-state index in [0.717, 1.165) is 38.0 Å². The molecule has 0 radical (unpaired) electrons. The van der Waals surface area contributed by atoms with Gasteiger partial charge in [-0.2, -0.15) is 0 Å². The molecule has 1 saturated heterocycles. The minimum atomic E-state index is -0.682. The third kappa shape index (κ3) is 4.76. The van der Waals surface area contributed by atoms with Crippen molar-refractivity contribution in [3.63, 3.8) is 0 Å². The summed E-state index contributed by atoms with van der Waals surface area (Å²) in [6.07, 6.45) is 2.43. The van der Waals surface area contributed by atoms with E-state index < -0.39 is 11.0 Å². The van der Waals surface area contributed by atoms with Gasteiger partial charge >= 0.3 is 0 Å². The Bertz CT molecular complexity index is 989. The predicted octanol–water partition coefficient (Wildman–Crippen LogP) is 2.81. The molecule has 9 heteroatoms. The van der Waals surface area contributed by atoms with Crippen LogP contribution in [0.1, 0.15) is 19.3 Å². The van der Waals surface area contributed by atoms with Crippen LogP contribution in [0.2, 0.25) is 0 Å². The van der Waals surface area contributed by atoms with Crippen molar-refractivity contribution in [1.29, 1.82) is 0 Å². The molecule has 162 valence electrons. The summed E-state index contributed by atoms with van der Waals surface area (Å²) in [4.78, 5) is 39.8. The van der Waals surface area contributed by atoms with Crippen LogP contribution in [-0.4, -0.2) is 53.9 Å². The molecule has 9 nitrogen and oxygen atoms in total. The number of benzene rings is 2. The van der Waals surface area contributed by atoms with E-state index in [1.54, 1.807) is 12.1 Å². The van der Waals surface area contributed by atoms with Gasteiger partial charge in [0.1, 0.15) is 5.75 Å². The number of piperidine rings is 1. The second-order valence-corrected chi connectivity index (χ2v) is 7.70. The Balaban J connectivity index is 1.48. The first kappa shape index (κ1) is 20.6. The number of anilines is 2. The number of likely N-dealkylation sites (tertiary alicyclic amines) is 1. The summed E-state index contributed by atoms with van der Waals surface area (Å²) < 4.78 is 5.98. The van der Waals surface area contributed by atoms with Crippen LogP contribution in [0.4, 0.5) is 17.1 Å². The van der Waals surface area contributed by atoms with E-state index in [2.05, 4.69) is 5.32 Å². The minimum absolute atomic E-state index is 0.00710. The highest BCUT2D eigenvalue weighted by molar-refractivity contribution is 5.95. The fraction of sp³-hybridized carbons (Fsp3) is 0.364. The minimum Gasteiger partial charge on any atom is -0.477 e. The number of hydrogen-bond donors (Lipinski definition) is 1. The molecule has 4 rings (SSSR count). The van der Waals surface area contributed by atoms with Gasteiger partial charge in [-0.15, -0.1) is 0 Å². The molecule has 31 heavy (non-hydrogen) atoms. The van der Waals surface area contributed by atoms with Crippen LogP contribution in [0, 0.1) is 10.1 Å². The van der Waals surface area contributed by atoms with Crippen molar-refractivity contribution in [2.45, 2.75) is 25.4 Å². The lowest BCUT2D eigenvalue weighted by Crippen LogP contribution is -2.52. The second-order valence-electron chi connectivity index (χ2n) is 7.70. The lowest BCUT2D eigenvalue weighted by molar-refractivity contribution is -0.384. The highest BCUT2D eigenvalue weighted by Crippen LogP contribution is 2.33. The molecular weight excluding hydrogens is 400 g/mol. The molecule has 0 unspecified atom stereocenters. The summed E-state index contributed by atoms with van der Waals surface area (Å²) in [5, 5.41) is 13.7. The van der Waals surface area contributed by atoms with Crippen molar-refractivity contribution in [3.05, 3.63) is 58.6 Å². The number of amides is 2. The molecule has 1 N–H and O–H groups in total. The Hall–Kier alpha value is -3.62. The van der Waals surface area contributed by atoms with Crippen molar-refractivity contribution in [3.8, 4) is 5.75 Å². The second kappa shape index (κ2) is 9.03. The number of nitrogens with zero attached hydrogens (tertiary/aromatic N) is 3. The van der Waals surface area contributed by atoms with E-state index in [0.29, 0.717) is 11.4 Å². The van der Waals surface area contributed by atoms with Gasteiger partial charge in [0.05, 0.1) is 23.7 Å². The van der Waals surface area contributed by atoms with Gasteiger partial charge < -0.3 is 19.9 Å². The van der Waals surface area contributed by atoms with E-state index in [1.165, 1.54) is 18.2 Å². The van der Waals surface area contributed by atoms with Gasteiger partial charge in [0.25, 0.3) is 11.6 Å². The maximum atomic E-state index is 13.0. The summed E-state index contributed by atoms with van der Waals surface area (Å²) in [6.45, 7) is 1.71. The molecule has 0 aliphatic carbocycles. The van der Waals surface area contributed by atoms with Crippen LogP contribution in [0.5, 0.6) is 5.75 Å². The number of carbonyl (C=O) groups excluding carboxylic acids is 2. The molecule has 1 atom stereocenters. The standard InChI is InChI=1S/C22H24N4O5/c27-21(23-16-7-6-8-17(13-16)26(29)30)15-25-14-20(22(28)24-11-4-1-5-12-24)31-19-10-3-2-9-18(19)25/h2-3,6-10,13,20H,1,4-5,11-12,14-15H2,(H,23,27)/t20-/m0/s1. The van der Waals surface area contributed by atoms with Crippen molar-refractivity contribution in [2.75, 3.05) is 36.4 Å². The van der Waals surface area contributed by atoms with E-state index in [4.69, 9.17) is 4.74 Å². The summed E-state index contributed by atoms with van der Waals surface area (Å²) in [5.41, 5.74) is 0.989. The molecule has 1 fully saturated rings. The third-order valence-electron chi connectivity index (χ3n) is 5.48. The zero-order chi connectivity index (χ0) is 21.8. The first-order valence-corrected chi connectivity index (χ1v) is 10.3. The SMILES string of the molecule is O=C(CN1C[C@@H](C(=O)N2CCCCC2)Oc2ccccc21)Nc1cccc([N+](=O)[O-])c1. The molecule has 0 saturated carbocycles. The Kier molecular flexibility index (Phi) is 6.01. The highest BCUT2D eigenvalue weighted by atomic mass is 16.6. The summed E-state index contributed by atoms with van der Waals surface area (Å²) >= 11 is 0. The van der Waals surface area contributed by atoms with Gasteiger partial charge in [-0.1, -0.05) is 18.2 Å². The van der Waals surface area contributed by atoms with Crippen LogP contribution in [0.15, 0.2) is 48.5 Å². The topological polar surface area (TPSA) is 105 Å². The maximum absolute atomic E-state index is 13.0. The number of hydrogen-bond acceptors (Lipinski definition) is 6. The van der Waals surface area contributed by atoms with Crippen LogP contribution >= 0.6 is 0 Å². The van der Waals surface area contributed by atoms with Crippen LogP contribution in [0.25, 0.3) is 0 Å². The molecular formula is C22H24N4O5. The van der Waals surface area contributed by atoms with Gasteiger partial charge in [0.15, 0.2) is 6.10 Å². The largest absolute Gasteiger partial charge is 0.477 e. The molecule has 0 spiro atoms.